The quantitative estimate of drug-likeness (QED) is 0.507. The number of hydrogen-bond donors (Lipinski definition) is 0. The van der Waals surface area contributed by atoms with E-state index in [1.165, 1.54) is 17.8 Å². The molecule has 6 heteroatoms. The van der Waals surface area contributed by atoms with Crippen molar-refractivity contribution in [1.29, 1.82) is 0 Å². The van der Waals surface area contributed by atoms with Crippen LogP contribution in [0.2, 0.25) is 5.02 Å². The minimum Gasteiger partial charge on any atom is -0.258 e. The Bertz CT molecular complexity index is 839. The highest BCUT2D eigenvalue weighted by Crippen LogP contribution is 2.32. The van der Waals surface area contributed by atoms with Crippen molar-refractivity contribution in [3.8, 4) is 0 Å². The van der Waals surface area contributed by atoms with Gasteiger partial charge in [-0.3, -0.25) is 10.1 Å². The van der Waals surface area contributed by atoms with Gasteiger partial charge in [0.2, 0.25) is 0 Å². The van der Waals surface area contributed by atoms with Gasteiger partial charge in [-0.05, 0) is 24.3 Å². The molecule has 0 N–H and O–H groups in total. The zero-order valence-electron chi connectivity index (χ0n) is 10.7. The Labute approximate surface area is 129 Å². The van der Waals surface area contributed by atoms with E-state index < -0.39 is 4.92 Å². The molecule has 3 rings (SSSR count). The van der Waals surface area contributed by atoms with E-state index in [4.69, 9.17) is 11.6 Å². The summed E-state index contributed by atoms with van der Waals surface area (Å²) in [7, 11) is 0. The second kappa shape index (κ2) is 5.71. The predicted octanol–water partition coefficient (Wildman–Crippen LogP) is 4.95. The van der Waals surface area contributed by atoms with Gasteiger partial charge in [-0.2, -0.15) is 0 Å². The van der Waals surface area contributed by atoms with Gasteiger partial charge < -0.3 is 0 Å². The summed E-state index contributed by atoms with van der Waals surface area (Å²) in [4.78, 5) is 16.7. The first-order valence-electron chi connectivity index (χ1n) is 6.10. The Balaban J connectivity index is 2.00. The molecule has 0 unspecified atom stereocenters. The molecule has 4 nitrogen and oxygen atoms in total. The zero-order valence-corrected chi connectivity index (χ0v) is 12.3. The minimum atomic E-state index is -0.418. The lowest BCUT2D eigenvalue weighted by atomic mass is 10.2. The molecular weight excluding hydrogens is 308 g/mol. The maximum absolute atomic E-state index is 11.0. The molecule has 1 heterocycles. The molecule has 0 amide bonds. The van der Waals surface area contributed by atoms with Crippen LogP contribution < -0.4 is 0 Å². The summed E-state index contributed by atoms with van der Waals surface area (Å²) >= 11 is 7.47. The van der Waals surface area contributed by atoms with Gasteiger partial charge in [-0.25, -0.2) is 4.98 Å². The minimum absolute atomic E-state index is 0.0202. The molecule has 0 spiro atoms. The molecule has 2 aromatic carbocycles. The number of hydrogen-bond acceptors (Lipinski definition) is 4. The van der Waals surface area contributed by atoms with Crippen LogP contribution in [0.25, 0.3) is 10.9 Å². The molecular formula is C15H9ClN2O2S. The molecule has 1 aromatic heterocycles. The summed E-state index contributed by atoms with van der Waals surface area (Å²) in [6.07, 6.45) is 1.64. The number of benzene rings is 2. The van der Waals surface area contributed by atoms with E-state index in [2.05, 4.69) is 4.98 Å². The topological polar surface area (TPSA) is 56.0 Å². The average molecular weight is 317 g/mol. The van der Waals surface area contributed by atoms with Gasteiger partial charge in [0.05, 0.1) is 4.92 Å². The summed E-state index contributed by atoms with van der Waals surface area (Å²) in [5.41, 5.74) is 0.421. The lowest BCUT2D eigenvalue weighted by Gasteiger charge is -2.04. The molecule has 3 aromatic rings. The highest BCUT2D eigenvalue weighted by Gasteiger charge is 2.12. The Morgan fingerprint density at radius 1 is 1.10 bits per heavy atom. The Hall–Kier alpha value is -2.11. The number of nitrogens with zero attached hydrogens (tertiary/aromatic N) is 2. The molecule has 0 atom stereocenters. The van der Waals surface area contributed by atoms with Gasteiger partial charge >= 0.3 is 0 Å². The van der Waals surface area contributed by atoms with Crippen LogP contribution in [0, 0.1) is 10.1 Å². The van der Waals surface area contributed by atoms with Crippen molar-refractivity contribution in [3.05, 3.63) is 69.9 Å². The van der Waals surface area contributed by atoms with Crippen molar-refractivity contribution in [3.63, 3.8) is 0 Å². The van der Waals surface area contributed by atoms with Crippen molar-refractivity contribution in [1.82, 2.24) is 4.98 Å². The third kappa shape index (κ3) is 2.99. The van der Waals surface area contributed by atoms with E-state index in [0.717, 1.165) is 15.2 Å². The van der Waals surface area contributed by atoms with Gasteiger partial charge in [0, 0.05) is 32.5 Å². The van der Waals surface area contributed by atoms with Crippen LogP contribution in [0.3, 0.4) is 0 Å². The van der Waals surface area contributed by atoms with Crippen LogP contribution in [0.15, 0.2) is 64.5 Å². The van der Waals surface area contributed by atoms with E-state index in [-0.39, 0.29) is 5.69 Å². The maximum atomic E-state index is 11.0. The number of para-hydroxylation sites is 1. The molecule has 0 aliphatic rings. The van der Waals surface area contributed by atoms with Crippen LogP contribution in [0.4, 0.5) is 5.69 Å². The average Bonchev–Trinajstić information content (AvgIpc) is 2.46. The first-order chi connectivity index (χ1) is 10.1. The number of non-ortho nitro benzene ring substituents is 1. The molecule has 104 valence electrons. The summed E-state index contributed by atoms with van der Waals surface area (Å²) < 4.78 is 0. The maximum Gasteiger partial charge on any atom is 0.295 e. The zero-order chi connectivity index (χ0) is 14.8. The predicted molar refractivity (Wildman–Crippen MR) is 84.0 cm³/mol. The SMILES string of the molecule is O=[N+]([O-])c1cccc2cc(Sc3cccc(Cl)c3)cnc12. The lowest BCUT2D eigenvalue weighted by molar-refractivity contribution is -0.383. The molecule has 0 saturated heterocycles. The van der Waals surface area contributed by atoms with E-state index in [0.29, 0.717) is 10.5 Å². The van der Waals surface area contributed by atoms with Crippen molar-refractivity contribution in [2.24, 2.45) is 0 Å². The van der Waals surface area contributed by atoms with Crippen molar-refractivity contribution in [2.75, 3.05) is 0 Å². The standard InChI is InChI=1S/C15H9ClN2O2S/c16-11-4-2-5-12(8-11)21-13-7-10-3-1-6-14(18(19)20)15(10)17-9-13/h1-9H. The van der Waals surface area contributed by atoms with Crippen LogP contribution in [0.1, 0.15) is 0 Å². The number of pyridine rings is 1. The highest BCUT2D eigenvalue weighted by molar-refractivity contribution is 7.99. The smallest absolute Gasteiger partial charge is 0.258 e. The summed E-state index contributed by atoms with van der Waals surface area (Å²) in [6, 6.07) is 14.3. The normalized spacial score (nSPS) is 10.7. The number of fused-ring (bicyclic) bond motifs is 1. The fourth-order valence-corrected chi connectivity index (χ4v) is 3.15. The van der Waals surface area contributed by atoms with Crippen LogP contribution in [-0.2, 0) is 0 Å². The van der Waals surface area contributed by atoms with E-state index in [9.17, 15) is 10.1 Å². The Kier molecular flexibility index (Phi) is 3.77. The van der Waals surface area contributed by atoms with Gasteiger partial charge in [0.1, 0.15) is 5.52 Å². The van der Waals surface area contributed by atoms with Gasteiger partial charge in [0.15, 0.2) is 0 Å². The molecule has 0 saturated carbocycles. The van der Waals surface area contributed by atoms with Crippen LogP contribution >= 0.6 is 23.4 Å². The summed E-state index contributed by atoms with van der Waals surface area (Å²) in [5, 5.41) is 12.4. The molecule has 0 aliphatic heterocycles. The third-order valence-electron chi connectivity index (χ3n) is 2.89. The largest absolute Gasteiger partial charge is 0.295 e. The monoisotopic (exact) mass is 316 g/mol. The second-order valence-corrected chi connectivity index (χ2v) is 5.92. The number of nitro benzene ring substituents is 1. The third-order valence-corrected chi connectivity index (χ3v) is 4.08. The molecule has 0 bridgehead atoms. The van der Waals surface area contributed by atoms with Gasteiger partial charge in [-0.15, -0.1) is 0 Å². The fraction of sp³-hybridized carbons (Fsp3) is 0. The first kappa shape index (κ1) is 13.9. The highest BCUT2D eigenvalue weighted by atomic mass is 35.5. The fourth-order valence-electron chi connectivity index (χ4n) is 1.99. The van der Waals surface area contributed by atoms with E-state index >= 15 is 0 Å². The van der Waals surface area contributed by atoms with E-state index in [1.807, 2.05) is 36.4 Å². The number of rotatable bonds is 3. The Morgan fingerprint density at radius 2 is 1.90 bits per heavy atom. The Morgan fingerprint density at radius 3 is 2.67 bits per heavy atom. The molecule has 0 aliphatic carbocycles. The summed E-state index contributed by atoms with van der Waals surface area (Å²) in [6.45, 7) is 0. The first-order valence-corrected chi connectivity index (χ1v) is 7.29. The lowest BCUT2D eigenvalue weighted by Crippen LogP contribution is -1.91. The van der Waals surface area contributed by atoms with Crippen LogP contribution in [-0.4, -0.2) is 9.91 Å². The number of nitro groups is 1. The van der Waals surface area contributed by atoms with E-state index in [1.54, 1.807) is 12.3 Å². The van der Waals surface area contributed by atoms with Crippen molar-refractivity contribution in [2.45, 2.75) is 9.79 Å². The van der Waals surface area contributed by atoms with Crippen molar-refractivity contribution >= 4 is 40.0 Å². The van der Waals surface area contributed by atoms with Crippen LogP contribution in [0.5, 0.6) is 0 Å². The number of aromatic nitrogens is 1. The second-order valence-electron chi connectivity index (χ2n) is 4.34. The van der Waals surface area contributed by atoms with Gasteiger partial charge in [-0.1, -0.05) is 41.6 Å². The molecule has 21 heavy (non-hydrogen) atoms. The molecule has 0 radical (unpaired) electrons. The molecule has 0 fully saturated rings. The number of halogens is 1. The summed E-state index contributed by atoms with van der Waals surface area (Å²) in [5.74, 6) is 0. The van der Waals surface area contributed by atoms with Gasteiger partial charge in [0.25, 0.3) is 5.69 Å². The van der Waals surface area contributed by atoms with Crippen molar-refractivity contribution < 1.29 is 4.92 Å².